The van der Waals surface area contributed by atoms with Gasteiger partial charge in [0.15, 0.2) is 0 Å². The van der Waals surface area contributed by atoms with E-state index in [2.05, 4.69) is 44.9 Å². The summed E-state index contributed by atoms with van der Waals surface area (Å²) in [7, 11) is 2.18. The molecule has 3 atom stereocenters. The third-order valence-electron chi connectivity index (χ3n) is 5.11. The molecule has 1 aromatic carbocycles. The molecule has 1 aromatic rings. The highest BCUT2D eigenvalue weighted by Gasteiger charge is 2.34. The van der Waals surface area contributed by atoms with Gasteiger partial charge in [0.2, 0.25) is 0 Å². The van der Waals surface area contributed by atoms with Gasteiger partial charge in [-0.2, -0.15) is 0 Å². The maximum absolute atomic E-state index is 6.36. The van der Waals surface area contributed by atoms with Crippen LogP contribution in [0.4, 0.5) is 0 Å². The number of hydrogen-bond acceptors (Lipinski definition) is 2. The molecule has 3 heteroatoms. The lowest BCUT2D eigenvalue weighted by Gasteiger charge is -2.41. The second kappa shape index (κ2) is 6.68. The molecule has 0 radical (unpaired) electrons. The van der Waals surface area contributed by atoms with Crippen LogP contribution in [0.2, 0.25) is 5.02 Å². The lowest BCUT2D eigenvalue weighted by molar-refractivity contribution is 0.111. The fraction of sp³-hybridized carbons (Fsp3) is 0.667. The first-order valence-electron chi connectivity index (χ1n) is 8.00. The average molecular weight is 309 g/mol. The van der Waals surface area contributed by atoms with Crippen LogP contribution < -0.4 is 5.73 Å². The highest BCUT2D eigenvalue weighted by atomic mass is 35.5. The molecule has 2 rings (SSSR count). The maximum atomic E-state index is 6.36. The molecule has 1 saturated carbocycles. The van der Waals surface area contributed by atoms with Crippen LogP contribution in [0.1, 0.15) is 51.6 Å². The van der Waals surface area contributed by atoms with E-state index in [0.29, 0.717) is 23.4 Å². The Morgan fingerprint density at radius 1 is 1.38 bits per heavy atom. The zero-order chi connectivity index (χ0) is 15.6. The van der Waals surface area contributed by atoms with Crippen molar-refractivity contribution in [2.75, 3.05) is 13.6 Å². The Morgan fingerprint density at radius 3 is 2.71 bits per heavy atom. The smallest absolute Gasteiger partial charge is 0.0453 e. The molecule has 0 heterocycles. The zero-order valence-corrected chi connectivity index (χ0v) is 14.5. The molecule has 0 amide bonds. The van der Waals surface area contributed by atoms with Crippen molar-refractivity contribution in [3.63, 3.8) is 0 Å². The second-order valence-electron chi connectivity index (χ2n) is 7.47. The summed E-state index contributed by atoms with van der Waals surface area (Å²) in [6.07, 6.45) is 3.61. The molecule has 2 N–H and O–H groups in total. The van der Waals surface area contributed by atoms with Gasteiger partial charge in [-0.15, -0.1) is 0 Å². The van der Waals surface area contributed by atoms with Gasteiger partial charge in [-0.1, -0.05) is 43.6 Å². The van der Waals surface area contributed by atoms with Gasteiger partial charge in [0, 0.05) is 23.7 Å². The average Bonchev–Trinajstić information content (AvgIpc) is 2.42. The second-order valence-corrected chi connectivity index (χ2v) is 7.88. The molecule has 118 valence electrons. The van der Waals surface area contributed by atoms with Gasteiger partial charge in [-0.25, -0.2) is 0 Å². The first kappa shape index (κ1) is 16.8. The molecule has 0 saturated heterocycles. The Labute approximate surface area is 134 Å². The third kappa shape index (κ3) is 4.21. The minimum atomic E-state index is 0.316. The predicted molar refractivity (Wildman–Crippen MR) is 91.6 cm³/mol. The number of benzene rings is 1. The number of nitrogens with two attached hydrogens (primary N) is 1. The topological polar surface area (TPSA) is 29.3 Å². The van der Waals surface area contributed by atoms with Crippen LogP contribution in [0.15, 0.2) is 24.3 Å². The SMILES string of the molecule is CC(c1ccccc1Cl)N(C)CC1CC(C)(C)CCC1N. The van der Waals surface area contributed by atoms with Gasteiger partial charge >= 0.3 is 0 Å². The highest BCUT2D eigenvalue weighted by molar-refractivity contribution is 6.31. The number of hydrogen-bond donors (Lipinski definition) is 1. The van der Waals surface area contributed by atoms with Crippen LogP contribution in [-0.2, 0) is 0 Å². The third-order valence-corrected chi connectivity index (χ3v) is 5.46. The minimum absolute atomic E-state index is 0.316. The van der Waals surface area contributed by atoms with E-state index in [1.807, 2.05) is 12.1 Å². The Morgan fingerprint density at radius 2 is 2.05 bits per heavy atom. The summed E-state index contributed by atoms with van der Waals surface area (Å²) in [5.41, 5.74) is 7.99. The van der Waals surface area contributed by atoms with Gasteiger partial charge in [0.1, 0.15) is 0 Å². The monoisotopic (exact) mass is 308 g/mol. The molecule has 1 aliphatic carbocycles. The molecule has 21 heavy (non-hydrogen) atoms. The van der Waals surface area contributed by atoms with E-state index in [1.165, 1.54) is 18.4 Å². The van der Waals surface area contributed by atoms with E-state index in [4.69, 9.17) is 17.3 Å². The molecular weight excluding hydrogens is 280 g/mol. The first-order valence-corrected chi connectivity index (χ1v) is 8.38. The quantitative estimate of drug-likeness (QED) is 0.888. The van der Waals surface area contributed by atoms with Crippen molar-refractivity contribution in [3.8, 4) is 0 Å². The summed E-state index contributed by atoms with van der Waals surface area (Å²) >= 11 is 6.33. The fourth-order valence-electron chi connectivity index (χ4n) is 3.54. The summed E-state index contributed by atoms with van der Waals surface area (Å²) in [6, 6.07) is 8.78. The van der Waals surface area contributed by atoms with Crippen LogP contribution in [0.3, 0.4) is 0 Å². The highest BCUT2D eigenvalue weighted by Crippen LogP contribution is 2.39. The normalized spacial score (nSPS) is 26.8. The molecule has 0 aromatic heterocycles. The van der Waals surface area contributed by atoms with Crippen LogP contribution >= 0.6 is 11.6 Å². The van der Waals surface area contributed by atoms with E-state index in [9.17, 15) is 0 Å². The first-order chi connectivity index (χ1) is 9.80. The molecule has 3 unspecified atom stereocenters. The molecular formula is C18H29ClN2. The van der Waals surface area contributed by atoms with Crippen molar-refractivity contribution < 1.29 is 0 Å². The molecule has 1 aliphatic rings. The Bertz CT molecular complexity index is 472. The van der Waals surface area contributed by atoms with Crippen molar-refractivity contribution in [2.45, 2.75) is 52.1 Å². The van der Waals surface area contributed by atoms with Crippen molar-refractivity contribution >= 4 is 11.6 Å². The maximum Gasteiger partial charge on any atom is 0.0453 e. The molecule has 0 bridgehead atoms. The van der Waals surface area contributed by atoms with Gasteiger partial charge in [0.05, 0.1) is 0 Å². The van der Waals surface area contributed by atoms with E-state index >= 15 is 0 Å². The van der Waals surface area contributed by atoms with Crippen molar-refractivity contribution in [2.24, 2.45) is 17.1 Å². The standard InChI is InChI=1S/C18H29ClN2/c1-13(15-7-5-6-8-16(15)19)21(4)12-14-11-18(2,3)10-9-17(14)20/h5-8,13-14,17H,9-12,20H2,1-4H3. The van der Waals surface area contributed by atoms with E-state index in [0.717, 1.165) is 18.0 Å². The summed E-state index contributed by atoms with van der Waals surface area (Å²) in [5, 5.41) is 0.852. The summed E-state index contributed by atoms with van der Waals surface area (Å²) in [4.78, 5) is 2.40. The van der Waals surface area contributed by atoms with Crippen LogP contribution in [0.5, 0.6) is 0 Å². The summed E-state index contributed by atoms with van der Waals surface area (Å²) in [5.74, 6) is 0.573. The van der Waals surface area contributed by atoms with Crippen molar-refractivity contribution in [3.05, 3.63) is 34.9 Å². The van der Waals surface area contributed by atoms with Crippen LogP contribution in [0, 0.1) is 11.3 Å². The van der Waals surface area contributed by atoms with E-state index in [1.54, 1.807) is 0 Å². The van der Waals surface area contributed by atoms with Gasteiger partial charge in [-0.05, 0) is 56.2 Å². The number of halogens is 1. The molecule has 0 aliphatic heterocycles. The Hall–Kier alpha value is -0.570. The summed E-state index contributed by atoms with van der Waals surface area (Å²) < 4.78 is 0. The minimum Gasteiger partial charge on any atom is -0.327 e. The van der Waals surface area contributed by atoms with Gasteiger partial charge in [0.25, 0.3) is 0 Å². The largest absolute Gasteiger partial charge is 0.327 e. The fourth-order valence-corrected chi connectivity index (χ4v) is 3.83. The number of nitrogens with zero attached hydrogens (tertiary/aromatic N) is 1. The van der Waals surface area contributed by atoms with Gasteiger partial charge in [-0.3, -0.25) is 4.90 Å². The molecule has 0 spiro atoms. The molecule has 1 fully saturated rings. The lowest BCUT2D eigenvalue weighted by Crippen LogP contribution is -2.44. The predicted octanol–water partition coefficient (Wildman–Crippen LogP) is 4.49. The zero-order valence-electron chi connectivity index (χ0n) is 13.8. The Balaban J connectivity index is 2.03. The van der Waals surface area contributed by atoms with Gasteiger partial charge < -0.3 is 5.73 Å². The van der Waals surface area contributed by atoms with Crippen molar-refractivity contribution in [1.82, 2.24) is 4.90 Å². The molecule has 2 nitrogen and oxygen atoms in total. The van der Waals surface area contributed by atoms with Crippen molar-refractivity contribution in [1.29, 1.82) is 0 Å². The Kier molecular flexibility index (Phi) is 5.34. The number of rotatable bonds is 4. The van der Waals surface area contributed by atoms with Crippen LogP contribution in [-0.4, -0.2) is 24.5 Å². The van der Waals surface area contributed by atoms with E-state index < -0.39 is 0 Å². The lowest BCUT2D eigenvalue weighted by atomic mass is 9.70. The summed E-state index contributed by atoms with van der Waals surface area (Å²) in [6.45, 7) is 7.99. The van der Waals surface area contributed by atoms with E-state index in [-0.39, 0.29) is 0 Å². The van der Waals surface area contributed by atoms with Crippen LogP contribution in [0.25, 0.3) is 0 Å².